The molecule has 0 unspecified atom stereocenters. The summed E-state index contributed by atoms with van der Waals surface area (Å²) < 4.78 is 5.51. The molecule has 0 aromatic heterocycles. The molecule has 1 N–H and O–H groups in total. The summed E-state index contributed by atoms with van der Waals surface area (Å²) in [5.74, 6) is 1.16. The van der Waals surface area contributed by atoms with Gasteiger partial charge in [0.05, 0.1) is 19.3 Å². The van der Waals surface area contributed by atoms with Crippen LogP contribution in [0.2, 0.25) is 5.02 Å². The smallest absolute Gasteiger partial charge is 0.323 e. The Morgan fingerprint density at radius 3 is 2.54 bits per heavy atom. The van der Waals surface area contributed by atoms with Crippen molar-refractivity contribution >= 4 is 46.7 Å². The summed E-state index contributed by atoms with van der Waals surface area (Å²) in [5.41, 5.74) is 4.45. The second-order valence-corrected chi connectivity index (χ2v) is 12.0. The number of methoxy groups -OCH3 is 1. The van der Waals surface area contributed by atoms with E-state index >= 15 is 0 Å². The van der Waals surface area contributed by atoms with E-state index in [-0.39, 0.29) is 17.4 Å². The van der Waals surface area contributed by atoms with Crippen LogP contribution < -0.4 is 15.0 Å². The molecule has 1 fully saturated rings. The summed E-state index contributed by atoms with van der Waals surface area (Å²) in [4.78, 5) is 30.1. The lowest BCUT2D eigenvalue weighted by Crippen LogP contribution is -2.51. The van der Waals surface area contributed by atoms with E-state index in [9.17, 15) is 9.59 Å². The number of nitrogens with one attached hydrogen (secondary N) is 1. The Bertz CT molecular complexity index is 1360. The summed E-state index contributed by atoms with van der Waals surface area (Å²) in [6.07, 6.45) is 0. The number of fused-ring (bicyclic) bond motifs is 2. The quantitative estimate of drug-likeness (QED) is 0.407. The predicted octanol–water partition coefficient (Wildman–Crippen LogP) is 6.63. The molecule has 3 aromatic carbocycles. The largest absolute Gasteiger partial charge is 0.497 e. The predicted molar refractivity (Wildman–Crippen MR) is 151 cm³/mol. The zero-order chi connectivity index (χ0) is 26.4. The number of anilines is 2. The molecule has 2 aliphatic rings. The number of urea groups is 1. The first-order valence-electron chi connectivity index (χ1n) is 12.2. The maximum atomic E-state index is 14.3. The third-order valence-corrected chi connectivity index (χ3v) is 8.54. The van der Waals surface area contributed by atoms with Crippen molar-refractivity contribution in [2.24, 2.45) is 0 Å². The maximum absolute atomic E-state index is 14.3. The number of hydrogen-bond acceptors (Lipinski definition) is 4. The number of thioether (sulfide) groups is 1. The zero-order valence-electron chi connectivity index (χ0n) is 21.4. The first-order chi connectivity index (χ1) is 17.6. The van der Waals surface area contributed by atoms with Crippen molar-refractivity contribution in [1.29, 1.82) is 0 Å². The van der Waals surface area contributed by atoms with Gasteiger partial charge in [-0.25, -0.2) is 4.79 Å². The Hall–Kier alpha value is -3.16. The maximum Gasteiger partial charge on any atom is 0.323 e. The lowest BCUT2D eigenvalue weighted by atomic mass is 9.87. The van der Waals surface area contributed by atoms with Gasteiger partial charge < -0.3 is 15.0 Å². The number of amides is 3. The van der Waals surface area contributed by atoms with Gasteiger partial charge in [0.2, 0.25) is 0 Å². The van der Waals surface area contributed by atoms with E-state index in [1.54, 1.807) is 41.2 Å². The molecule has 0 radical (unpaired) electrons. The van der Waals surface area contributed by atoms with Crippen molar-refractivity contribution in [3.8, 4) is 5.75 Å². The van der Waals surface area contributed by atoms with Gasteiger partial charge in [-0.3, -0.25) is 9.69 Å². The molecule has 37 heavy (non-hydrogen) atoms. The van der Waals surface area contributed by atoms with Gasteiger partial charge in [0.25, 0.3) is 5.91 Å². The van der Waals surface area contributed by atoms with Crippen LogP contribution in [0.1, 0.15) is 37.5 Å². The van der Waals surface area contributed by atoms with Gasteiger partial charge >= 0.3 is 6.03 Å². The molecule has 3 aromatic rings. The van der Waals surface area contributed by atoms with Crippen LogP contribution in [0.4, 0.5) is 16.2 Å². The molecular weight excluding hydrogens is 506 g/mol. The number of rotatable bonds is 4. The highest BCUT2D eigenvalue weighted by Crippen LogP contribution is 2.55. The highest BCUT2D eigenvalue weighted by atomic mass is 35.5. The summed E-state index contributed by atoms with van der Waals surface area (Å²) in [6.45, 7) is 7.39. The van der Waals surface area contributed by atoms with Gasteiger partial charge in [0, 0.05) is 28.6 Å². The van der Waals surface area contributed by atoms with Crippen LogP contribution >= 0.6 is 23.4 Å². The Balaban J connectivity index is 1.51. The minimum atomic E-state index is -1.17. The Morgan fingerprint density at radius 1 is 1.11 bits per heavy atom. The van der Waals surface area contributed by atoms with E-state index < -0.39 is 4.87 Å². The first kappa shape index (κ1) is 25.5. The summed E-state index contributed by atoms with van der Waals surface area (Å²) in [7, 11) is 1.60. The monoisotopic (exact) mass is 535 g/mol. The molecule has 0 bridgehead atoms. The van der Waals surface area contributed by atoms with E-state index in [1.165, 1.54) is 17.3 Å². The Labute approximate surface area is 226 Å². The van der Waals surface area contributed by atoms with Gasteiger partial charge in [-0.1, -0.05) is 62.7 Å². The minimum absolute atomic E-state index is 0.0482. The number of nitrogens with zero attached hydrogens (tertiary/aromatic N) is 2. The van der Waals surface area contributed by atoms with Crippen LogP contribution in [0.15, 0.2) is 66.7 Å². The number of hydrogen-bond donors (Lipinski definition) is 1. The van der Waals surface area contributed by atoms with E-state index in [1.807, 2.05) is 18.2 Å². The van der Waals surface area contributed by atoms with Gasteiger partial charge in [-0.05, 0) is 52.9 Å². The van der Waals surface area contributed by atoms with Crippen LogP contribution in [0.5, 0.6) is 5.75 Å². The molecule has 3 amide bonds. The van der Waals surface area contributed by atoms with Crippen molar-refractivity contribution in [2.75, 3.05) is 29.6 Å². The lowest BCUT2D eigenvalue weighted by Gasteiger charge is -2.33. The highest BCUT2D eigenvalue weighted by Gasteiger charge is 2.59. The SMILES string of the molecule is COc1ccc2c(c1)[C@]1(SCCN1C(=O)Nc1cccc(Cl)c1)C(=O)N2Cc1ccc(C(C)(C)C)cc1. The molecule has 6 nitrogen and oxygen atoms in total. The van der Waals surface area contributed by atoms with E-state index in [2.05, 4.69) is 50.4 Å². The molecule has 1 spiro atoms. The second-order valence-electron chi connectivity index (χ2n) is 10.3. The number of carbonyl (C=O) groups is 2. The van der Waals surface area contributed by atoms with Crippen molar-refractivity contribution in [3.63, 3.8) is 0 Å². The highest BCUT2D eigenvalue weighted by molar-refractivity contribution is 8.01. The second kappa shape index (κ2) is 9.62. The molecule has 0 saturated carbocycles. The van der Waals surface area contributed by atoms with E-state index in [0.29, 0.717) is 35.3 Å². The molecule has 2 aliphatic heterocycles. The zero-order valence-corrected chi connectivity index (χ0v) is 22.9. The third-order valence-electron chi connectivity index (χ3n) is 6.88. The van der Waals surface area contributed by atoms with E-state index in [4.69, 9.17) is 16.3 Å². The molecule has 1 saturated heterocycles. The molecular formula is C29H30ClN3O3S. The molecule has 192 valence electrons. The van der Waals surface area contributed by atoms with Crippen LogP contribution in [0.25, 0.3) is 0 Å². The molecule has 2 heterocycles. The summed E-state index contributed by atoms with van der Waals surface area (Å²) >= 11 is 7.60. The first-order valence-corrected chi connectivity index (χ1v) is 13.6. The number of halogens is 1. The van der Waals surface area contributed by atoms with Crippen molar-refractivity contribution in [2.45, 2.75) is 37.6 Å². The molecule has 0 aliphatic carbocycles. The van der Waals surface area contributed by atoms with Crippen molar-refractivity contribution in [1.82, 2.24) is 4.90 Å². The normalized spacial score (nSPS) is 18.9. The number of carbonyl (C=O) groups excluding carboxylic acids is 2. The lowest BCUT2D eigenvalue weighted by molar-refractivity contribution is -0.123. The van der Waals surface area contributed by atoms with Gasteiger partial charge in [0.1, 0.15) is 5.75 Å². The average Bonchev–Trinajstić information content (AvgIpc) is 3.41. The van der Waals surface area contributed by atoms with Crippen LogP contribution in [0, 0.1) is 0 Å². The Morgan fingerprint density at radius 2 is 1.86 bits per heavy atom. The number of ether oxygens (including phenoxy) is 1. The third kappa shape index (κ3) is 4.55. The standard InChI is InChI=1S/C29H30ClN3O3S/c1-28(2,3)20-10-8-19(9-11-20)18-32-25-13-12-23(36-4)17-24(25)29(26(32)34)33(14-15-37-29)27(35)31-22-7-5-6-21(30)16-22/h5-13,16-17H,14-15,18H2,1-4H3,(H,31,35)/t29-/m0/s1. The fourth-order valence-corrected chi connectivity index (χ4v) is 6.57. The topological polar surface area (TPSA) is 61.9 Å². The van der Waals surface area contributed by atoms with Crippen LogP contribution in [0.3, 0.4) is 0 Å². The van der Waals surface area contributed by atoms with Crippen LogP contribution in [-0.2, 0) is 21.6 Å². The molecule has 1 atom stereocenters. The summed E-state index contributed by atoms with van der Waals surface area (Å²) in [6, 6.07) is 20.7. The number of benzene rings is 3. The van der Waals surface area contributed by atoms with Crippen molar-refractivity contribution in [3.05, 3.63) is 88.4 Å². The van der Waals surface area contributed by atoms with E-state index in [0.717, 1.165) is 16.8 Å². The Kier molecular flexibility index (Phi) is 6.62. The van der Waals surface area contributed by atoms with Crippen LogP contribution in [-0.4, -0.2) is 36.2 Å². The summed E-state index contributed by atoms with van der Waals surface area (Å²) in [5, 5.41) is 3.45. The fourth-order valence-electron chi connectivity index (χ4n) is 4.93. The van der Waals surface area contributed by atoms with Gasteiger partial charge in [-0.2, -0.15) is 0 Å². The minimum Gasteiger partial charge on any atom is -0.497 e. The van der Waals surface area contributed by atoms with Gasteiger partial charge in [-0.15, -0.1) is 11.8 Å². The fraction of sp³-hybridized carbons (Fsp3) is 0.310. The molecule has 8 heteroatoms. The van der Waals surface area contributed by atoms with Gasteiger partial charge in [0.15, 0.2) is 4.87 Å². The molecule has 5 rings (SSSR count). The van der Waals surface area contributed by atoms with Crippen molar-refractivity contribution < 1.29 is 14.3 Å². The average molecular weight is 536 g/mol.